The van der Waals surface area contributed by atoms with E-state index in [1.165, 1.54) is 12.1 Å². The number of hydrogen-bond donors (Lipinski definition) is 0. The maximum absolute atomic E-state index is 13.8. The second-order valence-electron chi connectivity index (χ2n) is 8.61. The zero-order valence-corrected chi connectivity index (χ0v) is 20.8. The summed E-state index contributed by atoms with van der Waals surface area (Å²) in [7, 11) is 0. The van der Waals surface area contributed by atoms with Gasteiger partial charge in [-0.05, 0) is 60.7 Å². The SMILES string of the molecule is O=c1c2cnn(-c3ccccc3)c2nc(N2CCN(c3ccc(F)cc3)CC2)n1-c1ccc(Br)cc1. The van der Waals surface area contributed by atoms with Gasteiger partial charge in [0.2, 0.25) is 5.95 Å². The van der Waals surface area contributed by atoms with Gasteiger partial charge in [0.05, 0.1) is 17.6 Å². The van der Waals surface area contributed by atoms with E-state index in [0.717, 1.165) is 34.6 Å². The van der Waals surface area contributed by atoms with Gasteiger partial charge in [-0.1, -0.05) is 34.1 Å². The van der Waals surface area contributed by atoms with Gasteiger partial charge in [-0.3, -0.25) is 4.79 Å². The number of anilines is 2. The van der Waals surface area contributed by atoms with E-state index in [9.17, 15) is 9.18 Å². The zero-order valence-electron chi connectivity index (χ0n) is 19.3. The number of halogens is 2. The summed E-state index contributed by atoms with van der Waals surface area (Å²) < 4.78 is 17.7. The first-order chi connectivity index (χ1) is 17.6. The van der Waals surface area contributed by atoms with Crippen LogP contribution in [0.4, 0.5) is 16.0 Å². The predicted molar refractivity (Wildman–Crippen MR) is 143 cm³/mol. The van der Waals surface area contributed by atoms with E-state index in [2.05, 4.69) is 30.8 Å². The molecule has 3 aromatic carbocycles. The van der Waals surface area contributed by atoms with Crippen LogP contribution in [0.15, 0.2) is 94.3 Å². The van der Waals surface area contributed by atoms with Crippen molar-refractivity contribution >= 4 is 38.6 Å². The van der Waals surface area contributed by atoms with Gasteiger partial charge < -0.3 is 9.80 Å². The lowest BCUT2D eigenvalue weighted by Crippen LogP contribution is -2.48. The Hall–Kier alpha value is -3.98. The molecule has 0 atom stereocenters. The predicted octanol–water partition coefficient (Wildman–Crippen LogP) is 4.80. The summed E-state index contributed by atoms with van der Waals surface area (Å²) in [5, 5.41) is 4.95. The van der Waals surface area contributed by atoms with E-state index in [1.54, 1.807) is 27.6 Å². The van der Waals surface area contributed by atoms with Crippen LogP contribution in [0.2, 0.25) is 0 Å². The molecule has 0 amide bonds. The van der Waals surface area contributed by atoms with Gasteiger partial charge in [0.25, 0.3) is 5.56 Å². The van der Waals surface area contributed by atoms with Gasteiger partial charge in [-0.25, -0.2) is 13.6 Å². The first kappa shape index (κ1) is 22.5. The minimum absolute atomic E-state index is 0.166. The molecular formula is C27H22BrFN6O. The molecule has 1 aliphatic heterocycles. The maximum atomic E-state index is 13.8. The number of hydrogen-bond acceptors (Lipinski definition) is 5. The molecule has 0 saturated carbocycles. The van der Waals surface area contributed by atoms with Crippen molar-refractivity contribution in [1.29, 1.82) is 0 Å². The molecule has 1 aliphatic rings. The van der Waals surface area contributed by atoms with Crippen LogP contribution in [-0.4, -0.2) is 45.5 Å². The Bertz CT molecular complexity index is 1570. The van der Waals surface area contributed by atoms with E-state index in [4.69, 9.17) is 4.98 Å². The minimum Gasteiger partial charge on any atom is -0.368 e. The molecule has 1 fully saturated rings. The van der Waals surface area contributed by atoms with Crippen molar-refractivity contribution in [2.24, 2.45) is 0 Å². The van der Waals surface area contributed by atoms with Crippen molar-refractivity contribution in [3.63, 3.8) is 0 Å². The molecular weight excluding hydrogens is 523 g/mol. The third kappa shape index (κ3) is 4.05. The molecule has 0 N–H and O–H groups in total. The molecule has 5 aromatic rings. The van der Waals surface area contributed by atoms with Crippen molar-refractivity contribution in [2.75, 3.05) is 36.0 Å². The number of aromatic nitrogens is 4. The van der Waals surface area contributed by atoms with E-state index in [1.807, 2.05) is 54.6 Å². The normalized spacial score (nSPS) is 13.9. The quantitative estimate of drug-likeness (QED) is 0.325. The molecule has 36 heavy (non-hydrogen) atoms. The molecule has 0 aliphatic carbocycles. The molecule has 1 saturated heterocycles. The van der Waals surface area contributed by atoms with Gasteiger partial charge in [0, 0.05) is 36.3 Å². The number of nitrogens with zero attached hydrogens (tertiary/aromatic N) is 6. The van der Waals surface area contributed by atoms with E-state index in [-0.39, 0.29) is 11.4 Å². The lowest BCUT2D eigenvalue weighted by molar-refractivity contribution is 0.620. The summed E-state index contributed by atoms with van der Waals surface area (Å²) >= 11 is 3.48. The highest BCUT2D eigenvalue weighted by Crippen LogP contribution is 2.25. The van der Waals surface area contributed by atoms with Crippen LogP contribution < -0.4 is 15.4 Å². The van der Waals surface area contributed by atoms with Crippen LogP contribution in [0.5, 0.6) is 0 Å². The summed E-state index contributed by atoms with van der Waals surface area (Å²) in [5.41, 5.74) is 2.91. The highest BCUT2D eigenvalue weighted by atomic mass is 79.9. The third-order valence-electron chi connectivity index (χ3n) is 6.42. The van der Waals surface area contributed by atoms with Gasteiger partial charge in [0.15, 0.2) is 5.65 Å². The fourth-order valence-corrected chi connectivity index (χ4v) is 4.83. The molecule has 9 heteroatoms. The van der Waals surface area contributed by atoms with Crippen molar-refractivity contribution < 1.29 is 4.39 Å². The van der Waals surface area contributed by atoms with Crippen LogP contribution in [0.1, 0.15) is 0 Å². The van der Waals surface area contributed by atoms with Crippen molar-refractivity contribution in [3.8, 4) is 11.4 Å². The fraction of sp³-hybridized carbons (Fsp3) is 0.148. The Labute approximate surface area is 215 Å². The molecule has 7 nitrogen and oxygen atoms in total. The number of benzene rings is 3. The Morgan fingerprint density at radius 1 is 0.750 bits per heavy atom. The van der Waals surface area contributed by atoms with Crippen LogP contribution >= 0.6 is 15.9 Å². The second kappa shape index (κ2) is 9.23. The lowest BCUT2D eigenvalue weighted by atomic mass is 10.2. The van der Waals surface area contributed by atoms with Gasteiger partial charge >= 0.3 is 0 Å². The largest absolute Gasteiger partial charge is 0.368 e. The highest BCUT2D eigenvalue weighted by molar-refractivity contribution is 9.10. The summed E-state index contributed by atoms with van der Waals surface area (Å²) in [6, 6.07) is 23.9. The summed E-state index contributed by atoms with van der Waals surface area (Å²) in [5.74, 6) is 0.328. The Kier molecular flexibility index (Phi) is 5.77. The molecule has 3 heterocycles. The van der Waals surface area contributed by atoms with Crippen molar-refractivity contribution in [1.82, 2.24) is 19.3 Å². The maximum Gasteiger partial charge on any atom is 0.270 e. The summed E-state index contributed by atoms with van der Waals surface area (Å²) in [6.07, 6.45) is 1.59. The standard InChI is InChI=1S/C27H22BrFN6O/c28-19-6-10-22(11-7-19)34-26(36)24-18-30-35(23-4-2-1-3-5-23)25(24)31-27(34)33-16-14-32(15-17-33)21-12-8-20(29)9-13-21/h1-13,18H,14-17H2. The van der Waals surface area contributed by atoms with Gasteiger partial charge in [-0.15, -0.1) is 0 Å². The van der Waals surface area contributed by atoms with E-state index < -0.39 is 0 Å². The molecule has 6 rings (SSSR count). The molecule has 180 valence electrons. The number of rotatable bonds is 4. The first-order valence-electron chi connectivity index (χ1n) is 11.7. The minimum atomic E-state index is -0.247. The van der Waals surface area contributed by atoms with Gasteiger partial charge in [0.1, 0.15) is 11.2 Å². The number of piperazine rings is 1. The monoisotopic (exact) mass is 544 g/mol. The smallest absolute Gasteiger partial charge is 0.270 e. The lowest BCUT2D eigenvalue weighted by Gasteiger charge is -2.37. The molecule has 0 bridgehead atoms. The summed E-state index contributed by atoms with van der Waals surface area (Å²) in [4.78, 5) is 23.2. The topological polar surface area (TPSA) is 59.2 Å². The van der Waals surface area contributed by atoms with Crippen LogP contribution in [0.25, 0.3) is 22.4 Å². The number of para-hydroxylation sites is 1. The molecule has 2 aromatic heterocycles. The van der Waals surface area contributed by atoms with Crippen LogP contribution in [0.3, 0.4) is 0 Å². The van der Waals surface area contributed by atoms with Crippen molar-refractivity contribution in [2.45, 2.75) is 0 Å². The molecule has 0 unspecified atom stereocenters. The average molecular weight is 545 g/mol. The summed E-state index contributed by atoms with van der Waals surface area (Å²) in [6.45, 7) is 2.76. The Balaban J connectivity index is 1.44. The second-order valence-corrected chi connectivity index (χ2v) is 9.52. The molecule has 0 radical (unpaired) electrons. The molecule has 0 spiro atoms. The van der Waals surface area contributed by atoms with Gasteiger partial charge in [-0.2, -0.15) is 10.1 Å². The number of fused-ring (bicyclic) bond motifs is 1. The van der Waals surface area contributed by atoms with E-state index in [0.29, 0.717) is 30.1 Å². The first-order valence-corrected chi connectivity index (χ1v) is 12.5. The van der Waals surface area contributed by atoms with Crippen LogP contribution in [0, 0.1) is 5.82 Å². The van der Waals surface area contributed by atoms with Crippen molar-refractivity contribution in [3.05, 3.63) is 106 Å². The average Bonchev–Trinajstić information content (AvgIpc) is 3.35. The third-order valence-corrected chi connectivity index (χ3v) is 6.95. The Morgan fingerprint density at radius 3 is 2.08 bits per heavy atom. The van der Waals surface area contributed by atoms with E-state index >= 15 is 0 Å². The fourth-order valence-electron chi connectivity index (χ4n) is 4.57. The zero-order chi connectivity index (χ0) is 24.6. The highest BCUT2D eigenvalue weighted by Gasteiger charge is 2.25. The van der Waals surface area contributed by atoms with Crippen LogP contribution in [-0.2, 0) is 0 Å². The Morgan fingerprint density at radius 2 is 1.39 bits per heavy atom.